The SMILES string of the molecule is O=C1CNc2cccc(F)c21. The van der Waals surface area contributed by atoms with Crippen LogP contribution in [-0.2, 0) is 0 Å². The summed E-state index contributed by atoms with van der Waals surface area (Å²) in [7, 11) is 0. The lowest BCUT2D eigenvalue weighted by atomic mass is 10.1. The van der Waals surface area contributed by atoms with Crippen molar-refractivity contribution in [1.29, 1.82) is 0 Å². The minimum Gasteiger partial charge on any atom is -0.377 e. The molecule has 2 nitrogen and oxygen atoms in total. The van der Waals surface area contributed by atoms with Crippen molar-refractivity contribution >= 4 is 11.5 Å². The van der Waals surface area contributed by atoms with E-state index in [0.29, 0.717) is 5.69 Å². The van der Waals surface area contributed by atoms with Gasteiger partial charge in [0.2, 0.25) is 0 Å². The van der Waals surface area contributed by atoms with E-state index < -0.39 is 5.82 Å². The van der Waals surface area contributed by atoms with Crippen molar-refractivity contribution in [3.05, 3.63) is 29.6 Å². The van der Waals surface area contributed by atoms with Gasteiger partial charge in [-0.05, 0) is 12.1 Å². The summed E-state index contributed by atoms with van der Waals surface area (Å²) in [5, 5.41) is 2.80. The summed E-state index contributed by atoms with van der Waals surface area (Å²) in [5.74, 6) is -0.601. The molecule has 0 saturated carbocycles. The molecule has 0 radical (unpaired) electrons. The fourth-order valence-electron chi connectivity index (χ4n) is 1.22. The number of nitrogens with one attached hydrogen (secondary N) is 1. The third kappa shape index (κ3) is 0.808. The molecular formula is C8H6FNO. The fourth-order valence-corrected chi connectivity index (χ4v) is 1.22. The lowest BCUT2D eigenvalue weighted by Gasteiger charge is -1.96. The van der Waals surface area contributed by atoms with E-state index in [0.717, 1.165) is 0 Å². The average molecular weight is 151 g/mol. The lowest BCUT2D eigenvalue weighted by Crippen LogP contribution is -2.01. The third-order valence-corrected chi connectivity index (χ3v) is 1.73. The van der Waals surface area contributed by atoms with Crippen molar-refractivity contribution in [3.8, 4) is 0 Å². The number of Topliss-reactive ketones (excluding diaryl/α,β-unsaturated/α-hetero) is 1. The van der Waals surface area contributed by atoms with Gasteiger partial charge in [0.25, 0.3) is 0 Å². The normalized spacial score (nSPS) is 14.5. The second-order valence-corrected chi connectivity index (χ2v) is 2.44. The molecule has 11 heavy (non-hydrogen) atoms. The van der Waals surface area contributed by atoms with Crippen LogP contribution in [0.25, 0.3) is 0 Å². The molecule has 2 rings (SSSR count). The van der Waals surface area contributed by atoms with Crippen LogP contribution in [0.1, 0.15) is 10.4 Å². The summed E-state index contributed by atoms with van der Waals surface area (Å²) in [4.78, 5) is 11.0. The summed E-state index contributed by atoms with van der Waals surface area (Å²) in [5.41, 5.74) is 0.808. The molecule has 1 heterocycles. The van der Waals surface area contributed by atoms with Crippen LogP contribution in [0, 0.1) is 5.82 Å². The Balaban J connectivity index is 2.68. The molecule has 0 saturated heterocycles. The highest BCUT2D eigenvalue weighted by molar-refractivity contribution is 6.08. The fraction of sp³-hybridized carbons (Fsp3) is 0.125. The van der Waals surface area contributed by atoms with Crippen LogP contribution in [0.5, 0.6) is 0 Å². The van der Waals surface area contributed by atoms with Crippen LogP contribution in [-0.4, -0.2) is 12.3 Å². The summed E-state index contributed by atoms with van der Waals surface area (Å²) in [6.07, 6.45) is 0. The Morgan fingerprint density at radius 1 is 1.45 bits per heavy atom. The maximum absolute atomic E-state index is 12.9. The number of ketones is 1. The van der Waals surface area contributed by atoms with E-state index in [1.54, 1.807) is 12.1 Å². The zero-order valence-corrected chi connectivity index (χ0v) is 5.73. The monoisotopic (exact) mass is 151 g/mol. The highest BCUT2D eigenvalue weighted by atomic mass is 19.1. The molecule has 0 aromatic heterocycles. The first-order valence-corrected chi connectivity index (χ1v) is 3.34. The first-order chi connectivity index (χ1) is 5.29. The Morgan fingerprint density at radius 2 is 2.27 bits per heavy atom. The van der Waals surface area contributed by atoms with Gasteiger partial charge in [0.1, 0.15) is 5.82 Å². The predicted octanol–water partition coefficient (Wildman–Crippen LogP) is 1.43. The third-order valence-electron chi connectivity index (χ3n) is 1.73. The Labute approximate surface area is 63.0 Å². The average Bonchev–Trinajstić information content (AvgIpc) is 2.34. The Kier molecular flexibility index (Phi) is 1.18. The van der Waals surface area contributed by atoms with Crippen LogP contribution in [0.2, 0.25) is 0 Å². The van der Waals surface area contributed by atoms with E-state index in [9.17, 15) is 9.18 Å². The van der Waals surface area contributed by atoms with E-state index in [-0.39, 0.29) is 17.9 Å². The van der Waals surface area contributed by atoms with Gasteiger partial charge in [-0.15, -0.1) is 0 Å². The summed E-state index contributed by atoms with van der Waals surface area (Å²) in [6, 6.07) is 4.58. The second-order valence-electron chi connectivity index (χ2n) is 2.44. The van der Waals surface area contributed by atoms with E-state index in [4.69, 9.17) is 0 Å². The van der Waals surface area contributed by atoms with Crippen molar-refractivity contribution < 1.29 is 9.18 Å². The first kappa shape index (κ1) is 6.34. The molecule has 3 heteroatoms. The van der Waals surface area contributed by atoms with Gasteiger partial charge in [0.15, 0.2) is 5.78 Å². The molecule has 0 amide bonds. The molecule has 0 fully saturated rings. The van der Waals surface area contributed by atoms with Gasteiger partial charge in [-0.1, -0.05) is 6.07 Å². The number of hydrogen-bond donors (Lipinski definition) is 1. The van der Waals surface area contributed by atoms with Crippen molar-refractivity contribution in [2.75, 3.05) is 11.9 Å². The van der Waals surface area contributed by atoms with E-state index >= 15 is 0 Å². The number of benzene rings is 1. The van der Waals surface area contributed by atoms with E-state index in [1.165, 1.54) is 6.07 Å². The maximum Gasteiger partial charge on any atom is 0.186 e. The first-order valence-electron chi connectivity index (χ1n) is 3.34. The van der Waals surface area contributed by atoms with Gasteiger partial charge in [0, 0.05) is 5.69 Å². The smallest absolute Gasteiger partial charge is 0.186 e. The number of rotatable bonds is 0. The van der Waals surface area contributed by atoms with Gasteiger partial charge < -0.3 is 5.32 Å². The minimum absolute atomic E-state index is 0.168. The van der Waals surface area contributed by atoms with Crippen molar-refractivity contribution in [1.82, 2.24) is 0 Å². The molecule has 0 aliphatic carbocycles. The van der Waals surface area contributed by atoms with E-state index in [2.05, 4.69) is 5.32 Å². The molecule has 0 spiro atoms. The predicted molar refractivity (Wildman–Crippen MR) is 39.2 cm³/mol. The highest BCUT2D eigenvalue weighted by Gasteiger charge is 2.21. The number of halogens is 1. The number of carbonyl (C=O) groups excluding carboxylic acids is 1. The van der Waals surface area contributed by atoms with Gasteiger partial charge in [-0.3, -0.25) is 4.79 Å². The van der Waals surface area contributed by atoms with Crippen molar-refractivity contribution in [3.63, 3.8) is 0 Å². The summed E-state index contributed by atoms with van der Waals surface area (Å²) in [6.45, 7) is 0.219. The van der Waals surface area contributed by atoms with Gasteiger partial charge >= 0.3 is 0 Å². The largest absolute Gasteiger partial charge is 0.377 e. The zero-order chi connectivity index (χ0) is 7.84. The Hall–Kier alpha value is -1.38. The van der Waals surface area contributed by atoms with Crippen LogP contribution < -0.4 is 5.32 Å². The Bertz CT molecular complexity index is 322. The lowest BCUT2D eigenvalue weighted by molar-refractivity contribution is 0.101. The number of anilines is 1. The second kappa shape index (κ2) is 2.05. The molecule has 56 valence electrons. The van der Waals surface area contributed by atoms with Crippen LogP contribution in [0.3, 0.4) is 0 Å². The summed E-state index contributed by atoms with van der Waals surface area (Å²) >= 11 is 0. The molecule has 1 aliphatic heterocycles. The highest BCUT2D eigenvalue weighted by Crippen LogP contribution is 2.23. The quantitative estimate of drug-likeness (QED) is 0.607. The maximum atomic E-state index is 12.9. The standard InChI is InChI=1S/C8H6FNO/c9-5-2-1-3-6-8(5)7(11)4-10-6/h1-3,10H,4H2. The van der Waals surface area contributed by atoms with Gasteiger partial charge in [0.05, 0.1) is 12.1 Å². The molecule has 0 unspecified atom stereocenters. The van der Waals surface area contributed by atoms with Crippen LogP contribution in [0.15, 0.2) is 18.2 Å². The number of fused-ring (bicyclic) bond motifs is 1. The number of carbonyl (C=O) groups is 1. The van der Waals surface area contributed by atoms with Crippen LogP contribution in [0.4, 0.5) is 10.1 Å². The Morgan fingerprint density at radius 3 is 3.00 bits per heavy atom. The molecule has 1 N–H and O–H groups in total. The molecule has 0 bridgehead atoms. The topological polar surface area (TPSA) is 29.1 Å². The molecule has 1 aliphatic rings. The molecular weight excluding hydrogens is 145 g/mol. The molecule has 0 atom stereocenters. The molecule has 1 aromatic rings. The zero-order valence-electron chi connectivity index (χ0n) is 5.73. The van der Waals surface area contributed by atoms with E-state index in [1.807, 2.05) is 0 Å². The minimum atomic E-state index is -0.433. The van der Waals surface area contributed by atoms with Gasteiger partial charge in [-0.25, -0.2) is 4.39 Å². The summed E-state index contributed by atoms with van der Waals surface area (Å²) < 4.78 is 12.9. The van der Waals surface area contributed by atoms with Crippen LogP contribution >= 0.6 is 0 Å². The molecule has 1 aromatic carbocycles. The van der Waals surface area contributed by atoms with Crippen molar-refractivity contribution in [2.45, 2.75) is 0 Å². The van der Waals surface area contributed by atoms with Crippen molar-refractivity contribution in [2.24, 2.45) is 0 Å². The number of hydrogen-bond acceptors (Lipinski definition) is 2. The van der Waals surface area contributed by atoms with Gasteiger partial charge in [-0.2, -0.15) is 0 Å².